The molecule has 0 spiro atoms. The van der Waals surface area contributed by atoms with Gasteiger partial charge in [0.05, 0.1) is 5.52 Å². The predicted molar refractivity (Wildman–Crippen MR) is 54.7 cm³/mol. The molecular weight excluding hydrogens is 253 g/mol. The first-order valence-electron chi connectivity index (χ1n) is 4.83. The van der Waals surface area contributed by atoms with Crippen LogP contribution in [0, 0.1) is 0 Å². The number of fused-ring (bicyclic) bond motifs is 1. The van der Waals surface area contributed by atoms with Gasteiger partial charge < -0.3 is 9.73 Å². The van der Waals surface area contributed by atoms with E-state index in [9.17, 15) is 22.8 Å². The lowest BCUT2D eigenvalue weighted by Gasteiger charge is -2.07. The zero-order valence-electron chi connectivity index (χ0n) is 8.80. The summed E-state index contributed by atoms with van der Waals surface area (Å²) in [6.07, 6.45) is -4.91. The Bertz CT molecular complexity index is 642. The van der Waals surface area contributed by atoms with Crippen LogP contribution in [-0.4, -0.2) is 17.1 Å². The number of H-pyrrole nitrogens is 1. The van der Waals surface area contributed by atoms with Gasteiger partial charge in [0.1, 0.15) is 0 Å². The quantitative estimate of drug-likeness (QED) is 0.854. The molecule has 0 aliphatic carbocycles. The van der Waals surface area contributed by atoms with Crippen LogP contribution >= 0.6 is 0 Å². The first kappa shape index (κ1) is 12.2. The topological polar surface area (TPSA) is 75.1 Å². The molecule has 0 aliphatic heterocycles. The molecule has 2 aromatic rings. The van der Waals surface area contributed by atoms with E-state index < -0.39 is 17.8 Å². The molecule has 2 rings (SSSR count). The summed E-state index contributed by atoms with van der Waals surface area (Å²) in [6.45, 7) is -0.302. The highest BCUT2D eigenvalue weighted by molar-refractivity contribution is 5.81. The smallest absolute Gasteiger partial charge is 0.408 e. The molecule has 96 valence electrons. The van der Waals surface area contributed by atoms with Crippen molar-refractivity contribution in [3.63, 3.8) is 0 Å². The molecule has 8 heteroatoms. The molecule has 0 bridgehead atoms. The normalized spacial score (nSPS) is 11.7. The van der Waals surface area contributed by atoms with Gasteiger partial charge in [-0.1, -0.05) is 6.07 Å². The number of halogens is 3. The number of nitrogens with one attached hydrogen (secondary N) is 2. The second-order valence-electron chi connectivity index (χ2n) is 3.53. The van der Waals surface area contributed by atoms with Crippen molar-refractivity contribution < 1.29 is 22.4 Å². The summed E-state index contributed by atoms with van der Waals surface area (Å²) in [5, 5.41) is 1.72. The Kier molecular flexibility index (Phi) is 2.85. The van der Waals surface area contributed by atoms with Crippen molar-refractivity contribution in [3.8, 4) is 0 Å². The third-order valence-corrected chi connectivity index (χ3v) is 2.20. The molecule has 1 heterocycles. The Labute approximate surface area is 97.6 Å². The van der Waals surface area contributed by atoms with E-state index in [4.69, 9.17) is 4.42 Å². The van der Waals surface area contributed by atoms with Crippen LogP contribution in [-0.2, 0) is 11.3 Å². The number of alkyl halides is 3. The van der Waals surface area contributed by atoms with Crippen molar-refractivity contribution in [3.05, 3.63) is 34.3 Å². The summed E-state index contributed by atoms with van der Waals surface area (Å²) in [4.78, 5) is 23.8. The van der Waals surface area contributed by atoms with Crippen LogP contribution < -0.4 is 11.1 Å². The monoisotopic (exact) mass is 260 g/mol. The maximum Gasteiger partial charge on any atom is 0.471 e. The number of hydrogen-bond acceptors (Lipinski definition) is 3. The van der Waals surface area contributed by atoms with Gasteiger partial charge in [-0.25, -0.2) is 4.79 Å². The number of aromatic nitrogens is 1. The lowest BCUT2D eigenvalue weighted by molar-refractivity contribution is -0.173. The molecule has 1 aromatic carbocycles. The van der Waals surface area contributed by atoms with Crippen molar-refractivity contribution in [2.45, 2.75) is 12.7 Å². The minimum atomic E-state index is -4.91. The fraction of sp³-hybridized carbons (Fsp3) is 0.200. The zero-order valence-corrected chi connectivity index (χ0v) is 8.80. The lowest BCUT2D eigenvalue weighted by Crippen LogP contribution is -2.36. The van der Waals surface area contributed by atoms with Crippen LogP contribution in [0.25, 0.3) is 11.1 Å². The number of aromatic amines is 1. The van der Waals surface area contributed by atoms with Crippen molar-refractivity contribution in [1.29, 1.82) is 0 Å². The summed E-state index contributed by atoms with van der Waals surface area (Å²) in [6, 6.07) is 4.34. The van der Waals surface area contributed by atoms with E-state index in [0.717, 1.165) is 0 Å². The van der Waals surface area contributed by atoms with Gasteiger partial charge in [-0.2, -0.15) is 13.2 Å². The van der Waals surface area contributed by atoms with Gasteiger partial charge in [0.15, 0.2) is 5.58 Å². The minimum Gasteiger partial charge on any atom is -0.408 e. The highest BCUT2D eigenvalue weighted by Gasteiger charge is 2.38. The second kappa shape index (κ2) is 4.21. The molecule has 0 fully saturated rings. The summed E-state index contributed by atoms with van der Waals surface area (Å²) in [7, 11) is 0. The van der Waals surface area contributed by atoms with Crippen molar-refractivity contribution in [2.75, 3.05) is 0 Å². The van der Waals surface area contributed by atoms with E-state index in [2.05, 4.69) is 4.98 Å². The Balaban J connectivity index is 2.13. The minimum absolute atomic E-state index is 0.221. The van der Waals surface area contributed by atoms with Crippen LogP contribution in [0.15, 0.2) is 27.4 Å². The number of hydrogen-bond donors (Lipinski definition) is 2. The molecule has 2 N–H and O–H groups in total. The molecule has 0 atom stereocenters. The number of carbonyl (C=O) groups is 1. The van der Waals surface area contributed by atoms with E-state index >= 15 is 0 Å². The fourth-order valence-electron chi connectivity index (χ4n) is 1.38. The largest absolute Gasteiger partial charge is 0.471 e. The Morgan fingerprint density at radius 1 is 1.39 bits per heavy atom. The Morgan fingerprint density at radius 2 is 2.11 bits per heavy atom. The van der Waals surface area contributed by atoms with Gasteiger partial charge in [0, 0.05) is 6.54 Å². The lowest BCUT2D eigenvalue weighted by atomic mass is 10.2. The van der Waals surface area contributed by atoms with Gasteiger partial charge in [-0.15, -0.1) is 0 Å². The van der Waals surface area contributed by atoms with Gasteiger partial charge in [-0.05, 0) is 17.7 Å². The molecule has 0 radical (unpaired) electrons. The van der Waals surface area contributed by atoms with Crippen LogP contribution in [0.3, 0.4) is 0 Å². The highest BCUT2D eigenvalue weighted by Crippen LogP contribution is 2.15. The van der Waals surface area contributed by atoms with Gasteiger partial charge in [0.25, 0.3) is 0 Å². The molecule has 1 amide bonds. The van der Waals surface area contributed by atoms with Crippen molar-refractivity contribution in [2.24, 2.45) is 0 Å². The number of carbonyl (C=O) groups excluding carboxylic acids is 1. The van der Waals surface area contributed by atoms with E-state index in [-0.39, 0.29) is 12.1 Å². The average molecular weight is 260 g/mol. The molecule has 1 aromatic heterocycles. The maximum absolute atomic E-state index is 11.9. The van der Waals surface area contributed by atoms with Gasteiger partial charge in [0.2, 0.25) is 0 Å². The summed E-state index contributed by atoms with van der Waals surface area (Å²) < 4.78 is 40.5. The van der Waals surface area contributed by atoms with Crippen LogP contribution in [0.5, 0.6) is 0 Å². The third-order valence-electron chi connectivity index (χ3n) is 2.20. The van der Waals surface area contributed by atoms with Gasteiger partial charge >= 0.3 is 17.8 Å². The summed E-state index contributed by atoms with van der Waals surface area (Å²) >= 11 is 0. The van der Waals surface area contributed by atoms with Crippen molar-refractivity contribution >= 4 is 17.0 Å². The SMILES string of the molecule is O=C(NCc1ccc2[nH]c(=O)oc2c1)C(F)(F)F. The first-order valence-corrected chi connectivity index (χ1v) is 4.83. The fourth-order valence-corrected chi connectivity index (χ4v) is 1.38. The van der Waals surface area contributed by atoms with Crippen molar-refractivity contribution in [1.82, 2.24) is 10.3 Å². The molecule has 5 nitrogen and oxygen atoms in total. The van der Waals surface area contributed by atoms with E-state index in [1.54, 1.807) is 5.32 Å². The van der Waals surface area contributed by atoms with E-state index in [1.807, 2.05) is 0 Å². The van der Waals surface area contributed by atoms with Crippen LogP contribution in [0.2, 0.25) is 0 Å². The van der Waals surface area contributed by atoms with E-state index in [0.29, 0.717) is 11.1 Å². The predicted octanol–water partition coefficient (Wildman–Crippen LogP) is 1.30. The second-order valence-corrected chi connectivity index (χ2v) is 3.53. The first-order chi connectivity index (χ1) is 8.36. The van der Waals surface area contributed by atoms with Crippen LogP contribution in [0.4, 0.5) is 13.2 Å². The Hall–Kier alpha value is -2.25. The van der Waals surface area contributed by atoms with Crippen LogP contribution in [0.1, 0.15) is 5.56 Å². The number of amides is 1. The maximum atomic E-state index is 11.9. The highest BCUT2D eigenvalue weighted by atomic mass is 19.4. The number of benzene rings is 1. The zero-order chi connectivity index (χ0) is 13.3. The molecule has 0 aliphatic rings. The molecule has 0 unspecified atom stereocenters. The number of oxazole rings is 1. The summed E-state index contributed by atoms with van der Waals surface area (Å²) in [5.74, 6) is -2.67. The van der Waals surface area contributed by atoms with E-state index in [1.165, 1.54) is 18.2 Å². The molecule has 18 heavy (non-hydrogen) atoms. The molecule has 0 saturated heterocycles. The third kappa shape index (κ3) is 2.53. The Morgan fingerprint density at radius 3 is 2.78 bits per heavy atom. The number of rotatable bonds is 2. The van der Waals surface area contributed by atoms with Gasteiger partial charge in [-0.3, -0.25) is 9.78 Å². The summed E-state index contributed by atoms with van der Waals surface area (Å²) in [5.41, 5.74) is 1.05. The molecular formula is C10H7F3N2O3. The average Bonchev–Trinajstić information content (AvgIpc) is 2.63. The standard InChI is InChI=1S/C10H7F3N2O3/c11-10(12,13)8(16)14-4-5-1-2-6-7(3-5)18-9(17)15-6/h1-3H,4H2,(H,14,16)(H,15,17). The molecule has 0 saturated carbocycles.